The first-order valence-electron chi connectivity index (χ1n) is 6.60. The van der Waals surface area contributed by atoms with E-state index >= 15 is 0 Å². The molecule has 0 fully saturated rings. The highest BCUT2D eigenvalue weighted by Crippen LogP contribution is 2.13. The van der Waals surface area contributed by atoms with E-state index in [2.05, 4.69) is 10.1 Å². The molecule has 1 rings (SSSR count). The molecule has 0 saturated carbocycles. The zero-order valence-corrected chi connectivity index (χ0v) is 13.2. The average molecular weight is 312 g/mol. The maximum atomic E-state index is 12.4. The van der Waals surface area contributed by atoms with Crippen LogP contribution in [0.25, 0.3) is 0 Å². The molecule has 0 bridgehead atoms. The van der Waals surface area contributed by atoms with E-state index in [-0.39, 0.29) is 24.3 Å². The van der Waals surface area contributed by atoms with E-state index < -0.39 is 5.92 Å². The van der Waals surface area contributed by atoms with Crippen molar-refractivity contribution in [1.82, 2.24) is 10.2 Å². The summed E-state index contributed by atoms with van der Waals surface area (Å²) in [5, 5.41) is 4.47. The van der Waals surface area contributed by atoms with Gasteiger partial charge in [-0.15, -0.1) is 11.3 Å². The molecule has 21 heavy (non-hydrogen) atoms. The Morgan fingerprint density at radius 2 is 2.14 bits per heavy atom. The van der Waals surface area contributed by atoms with Gasteiger partial charge in [0.05, 0.1) is 17.9 Å². The van der Waals surface area contributed by atoms with Crippen molar-refractivity contribution in [2.24, 2.45) is 5.92 Å². The summed E-state index contributed by atoms with van der Waals surface area (Å²) in [4.78, 5) is 37.0. The Bertz CT molecular complexity index is 487. The normalized spacial score (nSPS) is 11.6. The third-order valence-corrected chi connectivity index (χ3v) is 3.73. The zero-order chi connectivity index (χ0) is 15.8. The van der Waals surface area contributed by atoms with Gasteiger partial charge in [0.25, 0.3) is 5.91 Å². The van der Waals surface area contributed by atoms with Gasteiger partial charge in [-0.2, -0.15) is 0 Å². The topological polar surface area (TPSA) is 75.7 Å². The Balaban J connectivity index is 2.71. The second-order valence-electron chi connectivity index (χ2n) is 4.64. The second kappa shape index (κ2) is 8.41. The van der Waals surface area contributed by atoms with Crippen LogP contribution in [-0.4, -0.2) is 49.4 Å². The van der Waals surface area contributed by atoms with Gasteiger partial charge in [-0.05, 0) is 11.4 Å². The van der Waals surface area contributed by atoms with Gasteiger partial charge in [-0.1, -0.05) is 13.0 Å². The van der Waals surface area contributed by atoms with E-state index in [0.29, 0.717) is 18.0 Å². The Morgan fingerprint density at radius 1 is 1.43 bits per heavy atom. The SMILES string of the molecule is COC(=O)C(C)CN(CCNC(C)=O)C(=O)c1cccs1. The van der Waals surface area contributed by atoms with Crippen LogP contribution in [0.2, 0.25) is 0 Å². The van der Waals surface area contributed by atoms with Gasteiger partial charge in [-0.3, -0.25) is 14.4 Å². The molecule has 0 saturated heterocycles. The first-order valence-corrected chi connectivity index (χ1v) is 7.48. The van der Waals surface area contributed by atoms with Crippen LogP contribution < -0.4 is 5.32 Å². The minimum absolute atomic E-state index is 0.147. The maximum Gasteiger partial charge on any atom is 0.310 e. The van der Waals surface area contributed by atoms with E-state index in [9.17, 15) is 14.4 Å². The van der Waals surface area contributed by atoms with Gasteiger partial charge in [0.1, 0.15) is 0 Å². The van der Waals surface area contributed by atoms with Crippen molar-refractivity contribution in [1.29, 1.82) is 0 Å². The van der Waals surface area contributed by atoms with Crippen LogP contribution in [0.5, 0.6) is 0 Å². The Morgan fingerprint density at radius 3 is 2.67 bits per heavy atom. The van der Waals surface area contributed by atoms with Crippen molar-refractivity contribution < 1.29 is 19.1 Å². The molecule has 1 atom stereocenters. The molecular formula is C14H20N2O4S. The van der Waals surface area contributed by atoms with E-state index in [1.165, 1.54) is 25.4 Å². The lowest BCUT2D eigenvalue weighted by Gasteiger charge is -2.24. The molecule has 1 aromatic heterocycles. The molecule has 0 spiro atoms. The number of carbonyl (C=O) groups is 3. The van der Waals surface area contributed by atoms with Gasteiger partial charge < -0.3 is 15.0 Å². The number of rotatable bonds is 7. The van der Waals surface area contributed by atoms with Gasteiger partial charge in [0.2, 0.25) is 5.91 Å². The molecule has 2 amide bonds. The molecule has 116 valence electrons. The molecule has 0 aliphatic rings. The number of ether oxygens (including phenoxy) is 1. The van der Waals surface area contributed by atoms with Crippen LogP contribution in [-0.2, 0) is 14.3 Å². The number of hydrogen-bond donors (Lipinski definition) is 1. The fourth-order valence-electron chi connectivity index (χ4n) is 1.81. The minimum Gasteiger partial charge on any atom is -0.469 e. The van der Waals surface area contributed by atoms with Crippen LogP contribution in [0.4, 0.5) is 0 Å². The van der Waals surface area contributed by atoms with Crippen LogP contribution in [0.15, 0.2) is 17.5 Å². The molecule has 1 aromatic rings. The number of methoxy groups -OCH3 is 1. The third kappa shape index (κ3) is 5.55. The summed E-state index contributed by atoms with van der Waals surface area (Å²) in [6.45, 7) is 4.07. The third-order valence-electron chi connectivity index (χ3n) is 2.87. The fraction of sp³-hybridized carbons (Fsp3) is 0.500. The van der Waals surface area contributed by atoms with Crippen molar-refractivity contribution in [3.8, 4) is 0 Å². The van der Waals surface area contributed by atoms with Gasteiger partial charge in [0.15, 0.2) is 0 Å². The van der Waals surface area contributed by atoms with Gasteiger partial charge in [-0.25, -0.2) is 0 Å². The molecule has 6 nitrogen and oxygen atoms in total. The highest BCUT2D eigenvalue weighted by atomic mass is 32.1. The molecule has 7 heteroatoms. The molecular weight excluding hydrogens is 292 g/mol. The average Bonchev–Trinajstić information content (AvgIpc) is 2.98. The summed E-state index contributed by atoms with van der Waals surface area (Å²) >= 11 is 1.35. The fourth-order valence-corrected chi connectivity index (χ4v) is 2.50. The first kappa shape index (κ1) is 17.2. The van der Waals surface area contributed by atoms with Crippen molar-refractivity contribution in [3.05, 3.63) is 22.4 Å². The predicted octanol–water partition coefficient (Wildman–Crippen LogP) is 1.14. The van der Waals surface area contributed by atoms with E-state index in [1.54, 1.807) is 24.0 Å². The summed E-state index contributed by atoms with van der Waals surface area (Å²) in [6.07, 6.45) is 0. The van der Waals surface area contributed by atoms with Crippen molar-refractivity contribution in [2.75, 3.05) is 26.7 Å². The lowest BCUT2D eigenvalue weighted by Crippen LogP contribution is -2.41. The Labute approximate surface area is 128 Å². The minimum atomic E-state index is -0.420. The maximum absolute atomic E-state index is 12.4. The quantitative estimate of drug-likeness (QED) is 0.766. The van der Waals surface area contributed by atoms with Crippen LogP contribution >= 0.6 is 11.3 Å². The summed E-state index contributed by atoms with van der Waals surface area (Å²) in [5.74, 6) is -1.08. The molecule has 1 N–H and O–H groups in total. The summed E-state index contributed by atoms with van der Waals surface area (Å²) in [6, 6.07) is 3.54. The van der Waals surface area contributed by atoms with Crippen molar-refractivity contribution in [2.45, 2.75) is 13.8 Å². The number of amides is 2. The molecule has 0 aliphatic carbocycles. The standard InChI is InChI=1S/C14H20N2O4S/c1-10(14(19)20-3)9-16(7-6-15-11(2)17)13(18)12-5-4-8-21-12/h4-5,8,10H,6-7,9H2,1-3H3,(H,15,17). The number of hydrogen-bond acceptors (Lipinski definition) is 5. The molecule has 0 aromatic carbocycles. The Kier molecular flexibility index (Phi) is 6.87. The van der Waals surface area contributed by atoms with E-state index in [4.69, 9.17) is 0 Å². The molecule has 0 aliphatic heterocycles. The number of nitrogens with zero attached hydrogens (tertiary/aromatic N) is 1. The van der Waals surface area contributed by atoms with E-state index in [0.717, 1.165) is 0 Å². The number of esters is 1. The van der Waals surface area contributed by atoms with Crippen molar-refractivity contribution >= 4 is 29.1 Å². The lowest BCUT2D eigenvalue weighted by molar-refractivity contribution is -0.145. The monoisotopic (exact) mass is 312 g/mol. The van der Waals surface area contributed by atoms with Crippen LogP contribution in [0, 0.1) is 5.92 Å². The number of nitrogens with one attached hydrogen (secondary N) is 1. The number of thiophene rings is 1. The zero-order valence-electron chi connectivity index (χ0n) is 12.4. The summed E-state index contributed by atoms with van der Waals surface area (Å²) in [7, 11) is 1.32. The Hall–Kier alpha value is -1.89. The van der Waals surface area contributed by atoms with Crippen LogP contribution in [0.1, 0.15) is 23.5 Å². The summed E-state index contributed by atoms with van der Waals surface area (Å²) < 4.78 is 4.68. The smallest absolute Gasteiger partial charge is 0.310 e. The first-order chi connectivity index (χ1) is 9.95. The van der Waals surface area contributed by atoms with Crippen LogP contribution in [0.3, 0.4) is 0 Å². The highest BCUT2D eigenvalue weighted by molar-refractivity contribution is 7.12. The van der Waals surface area contributed by atoms with Gasteiger partial charge in [0, 0.05) is 26.6 Å². The summed E-state index contributed by atoms with van der Waals surface area (Å²) in [5.41, 5.74) is 0. The second-order valence-corrected chi connectivity index (χ2v) is 5.58. The van der Waals surface area contributed by atoms with Gasteiger partial charge >= 0.3 is 5.97 Å². The molecule has 1 unspecified atom stereocenters. The number of carbonyl (C=O) groups excluding carboxylic acids is 3. The highest BCUT2D eigenvalue weighted by Gasteiger charge is 2.22. The molecule has 0 radical (unpaired) electrons. The largest absolute Gasteiger partial charge is 0.469 e. The predicted molar refractivity (Wildman–Crippen MR) is 80.1 cm³/mol. The van der Waals surface area contributed by atoms with Crippen molar-refractivity contribution in [3.63, 3.8) is 0 Å². The molecule has 1 heterocycles. The van der Waals surface area contributed by atoms with E-state index in [1.807, 2.05) is 5.38 Å². The lowest BCUT2D eigenvalue weighted by atomic mass is 10.1.